The van der Waals surface area contributed by atoms with E-state index in [1.807, 2.05) is 48.5 Å². The molecule has 0 radical (unpaired) electrons. The van der Waals surface area contributed by atoms with E-state index in [2.05, 4.69) is 24.9 Å². The maximum Gasteiger partial charge on any atom is 0.273 e. The first kappa shape index (κ1) is 26.3. The van der Waals surface area contributed by atoms with Gasteiger partial charge < -0.3 is 9.80 Å². The van der Waals surface area contributed by atoms with Crippen LogP contribution in [0, 0.1) is 0 Å². The summed E-state index contributed by atoms with van der Waals surface area (Å²) in [5.41, 5.74) is 4.10. The summed E-state index contributed by atoms with van der Waals surface area (Å²) in [6, 6.07) is 18.2. The summed E-state index contributed by atoms with van der Waals surface area (Å²) < 4.78 is 0. The molecule has 0 aliphatic rings. The zero-order valence-electron chi connectivity index (χ0n) is 21.7. The number of rotatable bonds is 10. The van der Waals surface area contributed by atoms with Crippen LogP contribution in [0.15, 0.2) is 116 Å². The van der Waals surface area contributed by atoms with Crippen molar-refractivity contribution in [1.29, 1.82) is 0 Å². The second kappa shape index (κ2) is 13.0. The van der Waals surface area contributed by atoms with Gasteiger partial charge in [0.25, 0.3) is 11.8 Å². The van der Waals surface area contributed by atoms with E-state index < -0.39 is 0 Å². The van der Waals surface area contributed by atoms with E-state index in [0.717, 1.165) is 22.3 Å². The number of carbonyl (C=O) groups excluding carboxylic acids is 2. The maximum absolute atomic E-state index is 13.8. The van der Waals surface area contributed by atoms with Crippen LogP contribution in [0.4, 0.5) is 0 Å². The average Bonchev–Trinajstić information content (AvgIpc) is 3.02. The molecule has 5 rings (SSSR count). The van der Waals surface area contributed by atoms with E-state index in [4.69, 9.17) is 0 Å². The Morgan fingerprint density at radius 1 is 0.525 bits per heavy atom. The molecule has 5 aromatic rings. The molecule has 0 saturated heterocycles. The SMILES string of the molecule is O=C(c1ccnc(C(=O)N(Cc2cccnc2)Cc2cccnc2)c1)N(Cc1cccnc1)Cc1cccnc1. The van der Waals surface area contributed by atoms with Gasteiger partial charge in [-0.25, -0.2) is 0 Å². The van der Waals surface area contributed by atoms with Gasteiger partial charge in [-0.2, -0.15) is 0 Å². The van der Waals surface area contributed by atoms with Crippen LogP contribution in [0.5, 0.6) is 0 Å². The molecule has 0 spiro atoms. The quantitative estimate of drug-likeness (QED) is 0.265. The van der Waals surface area contributed by atoms with Crippen molar-refractivity contribution in [2.24, 2.45) is 0 Å². The van der Waals surface area contributed by atoms with Gasteiger partial charge in [-0.3, -0.25) is 34.5 Å². The van der Waals surface area contributed by atoms with Gasteiger partial charge in [-0.05, 0) is 58.7 Å². The van der Waals surface area contributed by atoms with Gasteiger partial charge >= 0.3 is 0 Å². The van der Waals surface area contributed by atoms with Crippen LogP contribution in [0.25, 0.3) is 0 Å². The lowest BCUT2D eigenvalue weighted by atomic mass is 10.1. The zero-order chi connectivity index (χ0) is 27.6. The normalized spacial score (nSPS) is 10.6. The van der Waals surface area contributed by atoms with Crippen LogP contribution in [-0.4, -0.2) is 46.5 Å². The lowest BCUT2D eigenvalue weighted by molar-refractivity contribution is 0.0722. The van der Waals surface area contributed by atoms with Crippen molar-refractivity contribution >= 4 is 11.8 Å². The summed E-state index contributed by atoms with van der Waals surface area (Å²) in [6.07, 6.45) is 15.2. The molecule has 198 valence electrons. The number of hydrogen-bond donors (Lipinski definition) is 0. The minimum atomic E-state index is -0.298. The van der Waals surface area contributed by atoms with E-state index in [1.165, 1.54) is 6.20 Å². The van der Waals surface area contributed by atoms with Crippen molar-refractivity contribution in [3.8, 4) is 0 Å². The predicted molar refractivity (Wildman–Crippen MR) is 148 cm³/mol. The molecule has 0 unspecified atom stereocenters. The number of hydrogen-bond acceptors (Lipinski definition) is 7. The van der Waals surface area contributed by atoms with Crippen LogP contribution in [0.3, 0.4) is 0 Å². The second-order valence-corrected chi connectivity index (χ2v) is 9.20. The minimum Gasteiger partial charge on any atom is -0.330 e. The van der Waals surface area contributed by atoms with Crippen molar-refractivity contribution in [2.45, 2.75) is 26.2 Å². The largest absolute Gasteiger partial charge is 0.330 e. The van der Waals surface area contributed by atoms with Crippen molar-refractivity contribution in [2.75, 3.05) is 0 Å². The Labute approximate surface area is 232 Å². The van der Waals surface area contributed by atoms with Crippen molar-refractivity contribution in [3.05, 3.63) is 150 Å². The molecular formula is C31H27N7O2. The van der Waals surface area contributed by atoms with Crippen LogP contribution in [0.2, 0.25) is 0 Å². The molecule has 0 saturated carbocycles. The first-order valence-corrected chi connectivity index (χ1v) is 12.8. The van der Waals surface area contributed by atoms with E-state index in [9.17, 15) is 9.59 Å². The van der Waals surface area contributed by atoms with Gasteiger partial charge in [0.2, 0.25) is 0 Å². The highest BCUT2D eigenvalue weighted by atomic mass is 16.2. The standard InChI is InChI=1S/C31H27N7O2/c39-30(37(20-24-5-1-10-32-16-24)21-25-6-2-11-33-17-25)28-9-14-36-29(15-28)31(40)38(22-26-7-3-12-34-18-26)23-27-8-4-13-35-19-27/h1-19H,20-23H2. The molecular weight excluding hydrogens is 502 g/mol. The predicted octanol–water partition coefficient (Wildman–Crippen LogP) is 4.35. The molecule has 2 amide bonds. The van der Waals surface area contributed by atoms with Crippen LogP contribution in [0.1, 0.15) is 43.1 Å². The van der Waals surface area contributed by atoms with E-state index in [-0.39, 0.29) is 17.5 Å². The van der Waals surface area contributed by atoms with Gasteiger partial charge in [0.15, 0.2) is 0 Å². The minimum absolute atomic E-state index is 0.182. The van der Waals surface area contributed by atoms with Gasteiger partial charge in [0, 0.05) is 87.5 Å². The number of amides is 2. The summed E-state index contributed by atoms with van der Waals surface area (Å²) >= 11 is 0. The summed E-state index contributed by atoms with van der Waals surface area (Å²) in [4.78, 5) is 52.0. The highest BCUT2D eigenvalue weighted by molar-refractivity contribution is 5.98. The molecule has 9 nitrogen and oxygen atoms in total. The van der Waals surface area contributed by atoms with E-state index in [1.54, 1.807) is 71.5 Å². The molecule has 0 N–H and O–H groups in total. The van der Waals surface area contributed by atoms with Gasteiger partial charge in [0.05, 0.1) is 0 Å². The molecule has 0 aliphatic heterocycles. The zero-order valence-corrected chi connectivity index (χ0v) is 21.7. The lowest BCUT2D eigenvalue weighted by Crippen LogP contribution is -2.32. The highest BCUT2D eigenvalue weighted by Gasteiger charge is 2.22. The monoisotopic (exact) mass is 529 g/mol. The Morgan fingerprint density at radius 3 is 1.30 bits per heavy atom. The second-order valence-electron chi connectivity index (χ2n) is 9.20. The smallest absolute Gasteiger partial charge is 0.273 e. The molecule has 9 heteroatoms. The Morgan fingerprint density at radius 2 is 0.925 bits per heavy atom. The topological polar surface area (TPSA) is 105 Å². The molecule has 5 heterocycles. The summed E-state index contributed by atoms with van der Waals surface area (Å²) in [6.45, 7) is 1.35. The van der Waals surface area contributed by atoms with Crippen molar-refractivity contribution < 1.29 is 9.59 Å². The van der Waals surface area contributed by atoms with Gasteiger partial charge in [-0.1, -0.05) is 24.3 Å². The van der Waals surface area contributed by atoms with Crippen LogP contribution < -0.4 is 0 Å². The van der Waals surface area contributed by atoms with E-state index in [0.29, 0.717) is 31.7 Å². The highest BCUT2D eigenvalue weighted by Crippen LogP contribution is 2.17. The summed E-state index contributed by atoms with van der Waals surface area (Å²) in [7, 11) is 0. The lowest BCUT2D eigenvalue weighted by Gasteiger charge is -2.24. The van der Waals surface area contributed by atoms with Crippen molar-refractivity contribution in [1.82, 2.24) is 34.7 Å². The molecule has 0 bridgehead atoms. The fraction of sp³-hybridized carbons (Fsp3) is 0.129. The van der Waals surface area contributed by atoms with Crippen LogP contribution >= 0.6 is 0 Å². The number of carbonyl (C=O) groups is 2. The first-order valence-electron chi connectivity index (χ1n) is 12.8. The third-order valence-corrected chi connectivity index (χ3v) is 6.19. The molecule has 0 atom stereocenters. The Kier molecular flexibility index (Phi) is 8.53. The third kappa shape index (κ3) is 6.96. The molecule has 0 fully saturated rings. The fourth-order valence-corrected chi connectivity index (χ4v) is 4.27. The third-order valence-electron chi connectivity index (χ3n) is 6.19. The van der Waals surface area contributed by atoms with E-state index >= 15 is 0 Å². The molecule has 40 heavy (non-hydrogen) atoms. The van der Waals surface area contributed by atoms with Gasteiger partial charge in [-0.15, -0.1) is 0 Å². The Bertz CT molecular complexity index is 1340. The first-order chi connectivity index (χ1) is 19.7. The number of nitrogens with zero attached hydrogens (tertiary/aromatic N) is 7. The fourth-order valence-electron chi connectivity index (χ4n) is 4.27. The molecule has 0 aliphatic carbocycles. The van der Waals surface area contributed by atoms with Gasteiger partial charge in [0.1, 0.15) is 5.69 Å². The average molecular weight is 530 g/mol. The number of pyridine rings is 5. The summed E-state index contributed by atoms with van der Waals surface area (Å²) in [5.74, 6) is -0.524. The molecule has 0 aromatic carbocycles. The Balaban J connectivity index is 1.41. The van der Waals surface area contributed by atoms with Crippen LogP contribution in [-0.2, 0) is 26.2 Å². The van der Waals surface area contributed by atoms with Crippen molar-refractivity contribution in [3.63, 3.8) is 0 Å². The summed E-state index contributed by atoms with van der Waals surface area (Å²) in [5, 5.41) is 0. The maximum atomic E-state index is 13.8. The number of aromatic nitrogens is 5. The Hall–Kier alpha value is -5.31. The molecule has 5 aromatic heterocycles.